The van der Waals surface area contributed by atoms with Crippen molar-refractivity contribution in [2.75, 3.05) is 33.4 Å². The summed E-state index contributed by atoms with van der Waals surface area (Å²) < 4.78 is 58.3. The van der Waals surface area contributed by atoms with Gasteiger partial charge in [-0.3, -0.25) is 9.59 Å². The van der Waals surface area contributed by atoms with Gasteiger partial charge in [0.25, 0.3) is 0 Å². The number of aryl methyl sites for hydroxylation is 1. The van der Waals surface area contributed by atoms with Gasteiger partial charge in [0.05, 0.1) is 49.2 Å². The molecule has 7 rings (SSSR count). The number of hydrogen-bond donors (Lipinski definition) is 2. The van der Waals surface area contributed by atoms with Crippen molar-refractivity contribution in [2.45, 2.75) is 109 Å². The first kappa shape index (κ1) is 48.3. The van der Waals surface area contributed by atoms with E-state index in [-0.39, 0.29) is 79.1 Å². The van der Waals surface area contributed by atoms with Gasteiger partial charge < -0.3 is 33.9 Å². The van der Waals surface area contributed by atoms with Crippen molar-refractivity contribution in [1.29, 1.82) is 0 Å². The largest absolute Gasteiger partial charge is 0.497 e. The monoisotopic (exact) mass is 931 g/mol. The third-order valence-corrected chi connectivity index (χ3v) is 16.0. The molecule has 2 N–H and O–H groups in total. The highest BCUT2D eigenvalue weighted by Crippen LogP contribution is 2.43. The zero-order chi connectivity index (χ0) is 46.7. The SMILES string of the molecule is COc1ccc(S(=O)(=O)N(CC(C)C)C[C@@H](O)[C@@H](CC(=O)O[C@H]2CO[C@@]3(C)OCC[C@@H]23)Cc2ccc(OCc3ccccc3C(=O)Cc3sc4c(c3C(=O)O)CC(C)(C)CC4)cc2)cc1. The Morgan fingerprint density at radius 2 is 1.66 bits per heavy atom. The summed E-state index contributed by atoms with van der Waals surface area (Å²) in [5, 5.41) is 22.1. The lowest BCUT2D eigenvalue weighted by Crippen LogP contribution is -2.43. The number of nitrogens with zero attached hydrogens (tertiary/aromatic N) is 1. The number of sulfonamides is 1. The quantitative estimate of drug-likeness (QED) is 0.0648. The molecule has 0 bridgehead atoms. The number of benzene rings is 3. The van der Waals surface area contributed by atoms with E-state index in [4.69, 9.17) is 23.7 Å². The highest BCUT2D eigenvalue weighted by Gasteiger charge is 2.53. The van der Waals surface area contributed by atoms with Gasteiger partial charge in [-0.25, -0.2) is 13.2 Å². The van der Waals surface area contributed by atoms with Crippen LogP contribution in [-0.2, 0) is 61.3 Å². The summed E-state index contributed by atoms with van der Waals surface area (Å²) in [6.07, 6.45) is 1.40. The van der Waals surface area contributed by atoms with Crippen LogP contribution < -0.4 is 9.47 Å². The molecule has 15 heteroatoms. The second-order valence-electron chi connectivity index (χ2n) is 18.9. The number of carbonyl (C=O) groups is 3. The number of Topliss-reactive ketones (excluding diaryl/α,β-unsaturated/α-hetero) is 1. The number of ketones is 1. The van der Waals surface area contributed by atoms with Gasteiger partial charge in [-0.05, 0) is 97.9 Å². The van der Waals surface area contributed by atoms with Gasteiger partial charge >= 0.3 is 11.9 Å². The molecule has 13 nitrogen and oxygen atoms in total. The summed E-state index contributed by atoms with van der Waals surface area (Å²) in [6.45, 7) is 10.6. The van der Waals surface area contributed by atoms with Crippen LogP contribution in [0, 0.1) is 23.2 Å². The van der Waals surface area contributed by atoms with Gasteiger partial charge in [0.2, 0.25) is 10.0 Å². The maximum atomic E-state index is 14.0. The van der Waals surface area contributed by atoms with Crippen molar-refractivity contribution in [3.63, 3.8) is 0 Å². The Morgan fingerprint density at radius 3 is 2.35 bits per heavy atom. The smallest absolute Gasteiger partial charge is 0.337 e. The number of esters is 1. The molecular weight excluding hydrogens is 871 g/mol. The average Bonchev–Trinajstić information content (AvgIpc) is 3.92. The van der Waals surface area contributed by atoms with Crippen molar-refractivity contribution in [3.8, 4) is 11.5 Å². The second kappa shape index (κ2) is 20.1. The number of aliphatic hydroxyl groups is 1. The van der Waals surface area contributed by atoms with E-state index in [1.165, 1.54) is 34.9 Å². The van der Waals surface area contributed by atoms with Crippen molar-refractivity contribution in [2.24, 2.45) is 23.2 Å². The minimum absolute atomic E-state index is 0.00259. The highest BCUT2D eigenvalue weighted by atomic mass is 32.2. The maximum absolute atomic E-state index is 14.0. The van der Waals surface area contributed by atoms with Gasteiger partial charge in [-0.1, -0.05) is 64.1 Å². The molecule has 0 unspecified atom stereocenters. The number of carbonyl (C=O) groups excluding carboxylic acids is 2. The zero-order valence-electron chi connectivity index (χ0n) is 38.0. The summed E-state index contributed by atoms with van der Waals surface area (Å²) in [6, 6.07) is 20.5. The molecule has 3 heterocycles. The fraction of sp³-hybridized carbons (Fsp3) is 0.500. The van der Waals surface area contributed by atoms with E-state index in [0.717, 1.165) is 28.8 Å². The first-order chi connectivity index (χ1) is 30.9. The van der Waals surface area contributed by atoms with Gasteiger partial charge in [-0.2, -0.15) is 4.31 Å². The van der Waals surface area contributed by atoms with E-state index in [0.29, 0.717) is 47.0 Å². The fourth-order valence-electron chi connectivity index (χ4n) is 9.31. The molecular formula is C50H61NO12S2. The molecule has 0 spiro atoms. The molecule has 0 saturated carbocycles. The van der Waals surface area contributed by atoms with E-state index in [1.807, 2.05) is 45.0 Å². The predicted octanol–water partition coefficient (Wildman–Crippen LogP) is 7.93. The van der Waals surface area contributed by atoms with E-state index >= 15 is 0 Å². The summed E-state index contributed by atoms with van der Waals surface area (Å²) in [7, 11) is -2.55. The Hall–Kier alpha value is -4.64. The van der Waals surface area contributed by atoms with Crippen LogP contribution >= 0.6 is 11.3 Å². The summed E-state index contributed by atoms with van der Waals surface area (Å²) in [5.74, 6) is -2.41. The third kappa shape index (κ3) is 11.3. The van der Waals surface area contributed by atoms with Crippen LogP contribution in [0.4, 0.5) is 0 Å². The highest BCUT2D eigenvalue weighted by molar-refractivity contribution is 7.89. The van der Waals surface area contributed by atoms with E-state index in [2.05, 4.69) is 13.8 Å². The number of methoxy groups -OCH3 is 1. The van der Waals surface area contributed by atoms with Gasteiger partial charge in [0.15, 0.2) is 11.6 Å². The Bertz CT molecular complexity index is 2450. The van der Waals surface area contributed by atoms with Crippen LogP contribution in [0.15, 0.2) is 77.7 Å². The number of thiophene rings is 1. The Balaban J connectivity index is 1.05. The molecule has 4 aromatic rings. The molecule has 1 aromatic heterocycles. The van der Waals surface area contributed by atoms with Crippen molar-refractivity contribution < 1.29 is 56.7 Å². The zero-order valence-corrected chi connectivity index (χ0v) is 39.7. The second-order valence-corrected chi connectivity index (χ2v) is 22.0. The summed E-state index contributed by atoms with van der Waals surface area (Å²) >= 11 is 1.44. The first-order valence-corrected chi connectivity index (χ1v) is 24.6. The topological polar surface area (TPSA) is 175 Å². The summed E-state index contributed by atoms with van der Waals surface area (Å²) in [4.78, 5) is 41.7. The van der Waals surface area contributed by atoms with Crippen LogP contribution in [0.1, 0.15) is 101 Å². The van der Waals surface area contributed by atoms with Gasteiger partial charge in [-0.15, -0.1) is 11.3 Å². The lowest BCUT2D eigenvalue weighted by atomic mass is 9.76. The Morgan fingerprint density at radius 1 is 0.954 bits per heavy atom. The number of hydrogen-bond acceptors (Lipinski definition) is 12. The van der Waals surface area contributed by atoms with E-state index in [9.17, 15) is 33.0 Å². The molecule has 5 atom stereocenters. The Kier molecular flexibility index (Phi) is 14.9. The molecule has 0 amide bonds. The van der Waals surface area contributed by atoms with E-state index in [1.54, 1.807) is 36.4 Å². The molecule has 2 fully saturated rings. The number of carboxylic acids is 1. The lowest BCUT2D eigenvalue weighted by Gasteiger charge is -2.30. The number of carboxylic acid groups (broad SMARTS) is 1. The minimum atomic E-state index is -4.05. The standard InChI is InChI=1S/C50H61NO12S2/c1-31(2)27-51(65(57,58)37-17-15-35(59-6)16-18-37)28-42(53)34(24-46(54)63-43-30-62-50(5)40(43)20-22-61-50)23-32-11-13-36(14-12-32)60-29-33-9-7-8-10-38(33)41(52)25-45-47(48(55)56)39-26-49(3,4)21-19-44(39)64-45/h7-18,31,34,40,42-43,53H,19-30H2,1-6H3,(H,55,56)/t34-,40+,42-,43+,50-/m1/s1. The molecule has 2 aliphatic heterocycles. The molecule has 2 saturated heterocycles. The van der Waals surface area contributed by atoms with Crippen molar-refractivity contribution in [1.82, 2.24) is 4.31 Å². The molecule has 0 radical (unpaired) electrons. The average molecular weight is 932 g/mol. The van der Waals surface area contributed by atoms with Crippen molar-refractivity contribution in [3.05, 3.63) is 110 Å². The minimum Gasteiger partial charge on any atom is -0.497 e. The molecule has 65 heavy (non-hydrogen) atoms. The van der Waals surface area contributed by atoms with E-state index < -0.39 is 45.9 Å². The number of aliphatic hydroxyl groups excluding tert-OH is 1. The van der Waals surface area contributed by atoms with Gasteiger partial charge in [0, 0.05) is 46.3 Å². The van der Waals surface area contributed by atoms with Gasteiger partial charge in [0.1, 0.15) is 24.2 Å². The van der Waals surface area contributed by atoms with Crippen LogP contribution in [-0.4, -0.2) is 92.1 Å². The third-order valence-electron chi connectivity index (χ3n) is 12.9. The van der Waals surface area contributed by atoms with Crippen molar-refractivity contribution >= 4 is 39.1 Å². The van der Waals surface area contributed by atoms with Crippen LogP contribution in [0.2, 0.25) is 0 Å². The number of ether oxygens (including phenoxy) is 5. The first-order valence-electron chi connectivity index (χ1n) is 22.3. The summed E-state index contributed by atoms with van der Waals surface area (Å²) in [5.41, 5.74) is 3.03. The lowest BCUT2D eigenvalue weighted by molar-refractivity contribution is -0.181. The van der Waals surface area contributed by atoms with Crippen LogP contribution in [0.3, 0.4) is 0 Å². The van der Waals surface area contributed by atoms with Crippen LogP contribution in [0.25, 0.3) is 0 Å². The predicted molar refractivity (Wildman–Crippen MR) is 245 cm³/mol. The maximum Gasteiger partial charge on any atom is 0.337 e. The number of aromatic carboxylic acids is 1. The number of rotatable bonds is 20. The number of fused-ring (bicyclic) bond motifs is 2. The fourth-order valence-corrected chi connectivity index (χ4v) is 12.2. The molecule has 1 aliphatic carbocycles. The molecule has 350 valence electrons. The molecule has 3 aromatic carbocycles. The normalized spacial score (nSPS) is 21.1. The molecule has 3 aliphatic rings. The van der Waals surface area contributed by atoms with Crippen LogP contribution in [0.5, 0.6) is 11.5 Å². The Labute approximate surface area is 386 Å².